The molecule has 0 saturated heterocycles. The molecule has 0 saturated carbocycles. The van der Waals surface area contributed by atoms with Crippen LogP contribution in [0.3, 0.4) is 0 Å². The van der Waals surface area contributed by atoms with Gasteiger partial charge < -0.3 is 0 Å². The van der Waals surface area contributed by atoms with Crippen molar-refractivity contribution < 1.29 is 4.68 Å². The first kappa shape index (κ1) is 13.3. The van der Waals surface area contributed by atoms with E-state index in [1.807, 2.05) is 0 Å². The third-order valence-corrected chi connectivity index (χ3v) is 5.02. The summed E-state index contributed by atoms with van der Waals surface area (Å²) >= 11 is 0. The summed E-state index contributed by atoms with van der Waals surface area (Å²) in [6, 6.07) is 15.6. The van der Waals surface area contributed by atoms with Crippen molar-refractivity contribution in [2.45, 2.75) is 26.2 Å². The smallest absolute Gasteiger partial charge is 0.128 e. The van der Waals surface area contributed by atoms with E-state index >= 15 is 0 Å². The Morgan fingerprint density at radius 3 is 2.45 bits per heavy atom. The summed E-state index contributed by atoms with van der Waals surface area (Å²) < 4.78 is 4.31. The summed E-state index contributed by atoms with van der Waals surface area (Å²) in [6.45, 7) is 6.85. The van der Waals surface area contributed by atoms with Gasteiger partial charge in [-0.15, -0.1) is 9.36 Å². The molecule has 3 aromatic rings. The summed E-state index contributed by atoms with van der Waals surface area (Å²) in [5.74, 6) is 0. The van der Waals surface area contributed by atoms with Crippen molar-refractivity contribution in [3.63, 3.8) is 0 Å². The maximum atomic E-state index is 2.37. The number of hydrogen-bond acceptors (Lipinski definition) is 0. The van der Waals surface area contributed by atoms with Crippen LogP contribution in [0.4, 0.5) is 0 Å². The largest absolute Gasteiger partial charge is 0.195 e. The second kappa shape index (κ2) is 4.33. The molecular weight excluding hydrogens is 268 g/mol. The molecule has 0 fully saturated rings. The zero-order chi connectivity index (χ0) is 15.5. The standard InChI is InChI=1S/C20H21N2/c1-14-12-18-16(13-19(14)22-11-7-10-21(22)4)15-8-5-6-9-17(15)20(18,2)3/h5-13H,1-4H3/q+1. The summed E-state index contributed by atoms with van der Waals surface area (Å²) in [7, 11) is 2.07. The molecule has 2 heteroatoms. The van der Waals surface area contributed by atoms with Crippen molar-refractivity contribution in [2.75, 3.05) is 0 Å². The average Bonchev–Trinajstić information content (AvgIpc) is 3.00. The van der Waals surface area contributed by atoms with E-state index in [0.717, 1.165) is 0 Å². The molecule has 0 bridgehead atoms. The zero-order valence-electron chi connectivity index (χ0n) is 13.6. The molecule has 1 heterocycles. The molecule has 1 aliphatic carbocycles. The van der Waals surface area contributed by atoms with E-state index in [1.54, 1.807) is 0 Å². The van der Waals surface area contributed by atoms with Crippen LogP contribution >= 0.6 is 0 Å². The number of rotatable bonds is 1. The van der Waals surface area contributed by atoms with Crippen LogP contribution in [0, 0.1) is 6.92 Å². The Labute approximate surface area is 131 Å². The van der Waals surface area contributed by atoms with Crippen LogP contribution in [0.15, 0.2) is 54.9 Å². The molecule has 0 N–H and O–H groups in total. The first-order valence-corrected chi connectivity index (χ1v) is 7.79. The molecule has 1 aromatic heterocycles. The highest BCUT2D eigenvalue weighted by Crippen LogP contribution is 2.49. The van der Waals surface area contributed by atoms with Gasteiger partial charge in [0, 0.05) is 11.5 Å². The fraction of sp³-hybridized carbons (Fsp3) is 0.250. The van der Waals surface area contributed by atoms with Crippen LogP contribution in [-0.4, -0.2) is 4.68 Å². The number of hydrogen-bond donors (Lipinski definition) is 0. The Hall–Kier alpha value is -2.35. The zero-order valence-corrected chi connectivity index (χ0v) is 13.6. The van der Waals surface area contributed by atoms with Gasteiger partial charge >= 0.3 is 0 Å². The molecule has 22 heavy (non-hydrogen) atoms. The van der Waals surface area contributed by atoms with Gasteiger partial charge in [0.1, 0.15) is 5.69 Å². The average molecular weight is 289 g/mol. The Kier molecular flexibility index (Phi) is 2.62. The van der Waals surface area contributed by atoms with Gasteiger partial charge in [-0.05, 0) is 40.8 Å². The highest BCUT2D eigenvalue weighted by molar-refractivity contribution is 5.82. The highest BCUT2D eigenvalue weighted by Gasteiger charge is 2.35. The van der Waals surface area contributed by atoms with Crippen LogP contribution in [0.1, 0.15) is 30.5 Å². The number of aryl methyl sites for hydroxylation is 2. The Bertz CT molecular complexity index is 884. The van der Waals surface area contributed by atoms with Crippen LogP contribution in [0.25, 0.3) is 16.8 Å². The van der Waals surface area contributed by atoms with E-state index in [0.29, 0.717) is 0 Å². The fourth-order valence-electron chi connectivity index (χ4n) is 3.76. The number of benzene rings is 2. The van der Waals surface area contributed by atoms with E-state index in [-0.39, 0.29) is 5.41 Å². The van der Waals surface area contributed by atoms with Gasteiger partial charge in [0.25, 0.3) is 0 Å². The van der Waals surface area contributed by atoms with E-state index in [1.165, 1.54) is 33.5 Å². The van der Waals surface area contributed by atoms with Gasteiger partial charge in [-0.2, -0.15) is 0 Å². The normalized spacial score (nSPS) is 14.7. The second-order valence-electron chi connectivity index (χ2n) is 6.76. The number of aromatic nitrogens is 2. The van der Waals surface area contributed by atoms with Gasteiger partial charge in [-0.1, -0.05) is 44.2 Å². The molecule has 2 nitrogen and oxygen atoms in total. The van der Waals surface area contributed by atoms with Gasteiger partial charge in [0.2, 0.25) is 0 Å². The lowest BCUT2D eigenvalue weighted by molar-refractivity contribution is -0.744. The van der Waals surface area contributed by atoms with Crippen molar-refractivity contribution >= 4 is 0 Å². The molecule has 0 spiro atoms. The van der Waals surface area contributed by atoms with E-state index in [4.69, 9.17) is 0 Å². The van der Waals surface area contributed by atoms with Crippen LogP contribution < -0.4 is 4.68 Å². The molecule has 4 rings (SSSR count). The van der Waals surface area contributed by atoms with Crippen molar-refractivity contribution in [3.05, 3.63) is 71.5 Å². The molecular formula is C20H21N2+. The fourth-order valence-corrected chi connectivity index (χ4v) is 3.76. The van der Waals surface area contributed by atoms with Crippen LogP contribution in [-0.2, 0) is 12.5 Å². The van der Waals surface area contributed by atoms with Crippen molar-refractivity contribution in [2.24, 2.45) is 7.05 Å². The molecule has 0 unspecified atom stereocenters. The summed E-state index contributed by atoms with van der Waals surface area (Å²) in [4.78, 5) is 0. The lowest BCUT2D eigenvalue weighted by Crippen LogP contribution is -2.37. The quantitative estimate of drug-likeness (QED) is 0.600. The van der Waals surface area contributed by atoms with Crippen molar-refractivity contribution in [3.8, 4) is 16.8 Å². The van der Waals surface area contributed by atoms with Gasteiger partial charge in [0.15, 0.2) is 13.2 Å². The van der Waals surface area contributed by atoms with Gasteiger partial charge in [-0.3, -0.25) is 0 Å². The summed E-state index contributed by atoms with van der Waals surface area (Å²) in [5.41, 5.74) is 8.25. The molecule has 0 amide bonds. The number of nitrogens with zero attached hydrogens (tertiary/aromatic N) is 2. The lowest BCUT2D eigenvalue weighted by atomic mass is 9.82. The van der Waals surface area contributed by atoms with Crippen LogP contribution in [0.5, 0.6) is 0 Å². The molecule has 0 radical (unpaired) electrons. The third kappa shape index (κ3) is 1.64. The van der Waals surface area contributed by atoms with Crippen molar-refractivity contribution in [1.29, 1.82) is 0 Å². The first-order valence-electron chi connectivity index (χ1n) is 7.79. The predicted molar refractivity (Wildman–Crippen MR) is 89.2 cm³/mol. The Morgan fingerprint density at radius 1 is 0.955 bits per heavy atom. The van der Waals surface area contributed by atoms with E-state index in [9.17, 15) is 0 Å². The summed E-state index contributed by atoms with van der Waals surface area (Å²) in [6.07, 6.45) is 4.19. The maximum Gasteiger partial charge on any atom is 0.195 e. The molecule has 110 valence electrons. The third-order valence-electron chi connectivity index (χ3n) is 5.02. The minimum atomic E-state index is 0.0775. The Balaban J connectivity index is 2.03. The van der Waals surface area contributed by atoms with Gasteiger partial charge in [-0.25, -0.2) is 0 Å². The molecule has 0 atom stereocenters. The minimum Gasteiger partial charge on any atom is -0.128 e. The topological polar surface area (TPSA) is 8.81 Å². The Morgan fingerprint density at radius 2 is 1.73 bits per heavy atom. The maximum absolute atomic E-state index is 2.37. The van der Waals surface area contributed by atoms with E-state index in [2.05, 4.69) is 92.0 Å². The SMILES string of the molecule is Cc1cc2c(cc1-n1ccc[n+]1C)-c1ccccc1C2(C)C. The molecule has 1 aliphatic rings. The predicted octanol–water partition coefficient (Wildman–Crippen LogP) is 3.92. The van der Waals surface area contributed by atoms with Crippen molar-refractivity contribution in [1.82, 2.24) is 4.68 Å². The molecule has 2 aromatic carbocycles. The lowest BCUT2D eigenvalue weighted by Gasteiger charge is -2.22. The first-order chi connectivity index (χ1) is 10.5. The monoisotopic (exact) mass is 289 g/mol. The molecule has 0 aliphatic heterocycles. The minimum absolute atomic E-state index is 0.0775. The summed E-state index contributed by atoms with van der Waals surface area (Å²) in [5, 5.41) is 0. The van der Waals surface area contributed by atoms with Crippen LogP contribution in [0.2, 0.25) is 0 Å². The van der Waals surface area contributed by atoms with E-state index < -0.39 is 0 Å². The van der Waals surface area contributed by atoms with Gasteiger partial charge in [0.05, 0.1) is 6.20 Å². The second-order valence-corrected chi connectivity index (χ2v) is 6.76. The highest BCUT2D eigenvalue weighted by atomic mass is 15.4. The number of fused-ring (bicyclic) bond motifs is 3.